The molecule has 0 fully saturated rings. The molecular formula is C9H10O2. The zero-order chi connectivity index (χ0) is 8.27. The van der Waals surface area contributed by atoms with E-state index in [-0.39, 0.29) is 5.78 Å². The third kappa shape index (κ3) is 1.58. The number of furan rings is 1. The molecule has 0 saturated carbocycles. The lowest BCUT2D eigenvalue weighted by atomic mass is 10.1. The van der Waals surface area contributed by atoms with Crippen molar-refractivity contribution < 1.29 is 9.21 Å². The van der Waals surface area contributed by atoms with Crippen molar-refractivity contribution in [1.29, 1.82) is 0 Å². The molecule has 2 heteroatoms. The van der Waals surface area contributed by atoms with Gasteiger partial charge in [0.1, 0.15) is 5.76 Å². The van der Waals surface area contributed by atoms with Crippen LogP contribution in [-0.2, 0) is 0 Å². The maximum Gasteiger partial charge on any atom is 0.170 e. The maximum absolute atomic E-state index is 11.2. The van der Waals surface area contributed by atoms with Crippen LogP contribution in [0.15, 0.2) is 29.4 Å². The van der Waals surface area contributed by atoms with Crippen LogP contribution < -0.4 is 0 Å². The molecule has 0 radical (unpaired) electrons. The summed E-state index contributed by atoms with van der Waals surface area (Å²) in [6.07, 6.45) is 3.49. The number of rotatable bonds is 3. The Labute approximate surface area is 65.5 Å². The van der Waals surface area contributed by atoms with Crippen LogP contribution in [0.25, 0.3) is 0 Å². The van der Waals surface area contributed by atoms with Gasteiger partial charge in [-0.25, -0.2) is 0 Å². The van der Waals surface area contributed by atoms with Gasteiger partial charge in [0.15, 0.2) is 5.78 Å². The molecule has 0 atom stereocenters. The molecule has 0 aliphatic heterocycles. The molecule has 0 bridgehead atoms. The number of hydrogen-bond acceptors (Lipinski definition) is 2. The smallest absolute Gasteiger partial charge is 0.170 e. The standard InChI is InChI=1S/C9H10O2/c1-3-4-9(10)8-5-6-11-7(8)2/h3,5-6H,1,4H2,2H3. The van der Waals surface area contributed by atoms with Crippen LogP contribution in [0.5, 0.6) is 0 Å². The molecule has 0 aromatic carbocycles. The lowest BCUT2D eigenvalue weighted by molar-refractivity contribution is 0.0994. The highest BCUT2D eigenvalue weighted by molar-refractivity contribution is 5.97. The molecule has 1 aromatic heterocycles. The summed E-state index contributed by atoms with van der Waals surface area (Å²) in [5.41, 5.74) is 0.657. The van der Waals surface area contributed by atoms with Crippen molar-refractivity contribution in [2.45, 2.75) is 13.3 Å². The van der Waals surface area contributed by atoms with Crippen LogP contribution in [0.2, 0.25) is 0 Å². The van der Waals surface area contributed by atoms with Crippen molar-refractivity contribution >= 4 is 5.78 Å². The number of ketones is 1. The highest BCUT2D eigenvalue weighted by atomic mass is 16.3. The van der Waals surface area contributed by atoms with Crippen molar-refractivity contribution in [3.05, 3.63) is 36.3 Å². The monoisotopic (exact) mass is 150 g/mol. The van der Waals surface area contributed by atoms with Crippen molar-refractivity contribution in [1.82, 2.24) is 0 Å². The lowest BCUT2D eigenvalue weighted by Gasteiger charge is -1.92. The van der Waals surface area contributed by atoms with Crippen LogP contribution in [0.3, 0.4) is 0 Å². The van der Waals surface area contributed by atoms with E-state index in [1.165, 1.54) is 6.26 Å². The molecule has 1 heterocycles. The number of Topliss-reactive ketones (excluding diaryl/α,β-unsaturated/α-hetero) is 1. The molecule has 58 valence electrons. The fraction of sp³-hybridized carbons (Fsp3) is 0.222. The normalized spacial score (nSPS) is 9.55. The third-order valence-corrected chi connectivity index (χ3v) is 1.49. The van der Waals surface area contributed by atoms with E-state index in [2.05, 4.69) is 6.58 Å². The van der Waals surface area contributed by atoms with Gasteiger partial charge in [0.25, 0.3) is 0 Å². The summed E-state index contributed by atoms with van der Waals surface area (Å²) in [5.74, 6) is 0.739. The molecule has 0 amide bonds. The number of carbonyl (C=O) groups excluding carboxylic acids is 1. The van der Waals surface area contributed by atoms with Crippen molar-refractivity contribution in [2.24, 2.45) is 0 Å². The van der Waals surface area contributed by atoms with Gasteiger partial charge in [-0.2, -0.15) is 0 Å². The number of allylic oxidation sites excluding steroid dienone is 1. The minimum atomic E-state index is 0.0613. The summed E-state index contributed by atoms with van der Waals surface area (Å²) < 4.78 is 4.98. The molecule has 11 heavy (non-hydrogen) atoms. The van der Waals surface area contributed by atoms with Gasteiger partial charge in [0, 0.05) is 6.42 Å². The van der Waals surface area contributed by atoms with E-state index in [4.69, 9.17) is 4.42 Å². The van der Waals surface area contributed by atoms with Gasteiger partial charge in [-0.05, 0) is 13.0 Å². The Morgan fingerprint density at radius 3 is 3.00 bits per heavy atom. The largest absolute Gasteiger partial charge is 0.469 e. The Bertz CT molecular complexity index is 271. The Morgan fingerprint density at radius 1 is 1.82 bits per heavy atom. The van der Waals surface area contributed by atoms with Crippen molar-refractivity contribution in [3.63, 3.8) is 0 Å². The van der Waals surface area contributed by atoms with E-state index in [0.29, 0.717) is 17.7 Å². The van der Waals surface area contributed by atoms with Crippen molar-refractivity contribution in [2.75, 3.05) is 0 Å². The van der Waals surface area contributed by atoms with E-state index in [9.17, 15) is 4.79 Å². The quantitative estimate of drug-likeness (QED) is 0.489. The van der Waals surface area contributed by atoms with Crippen LogP contribution in [0.4, 0.5) is 0 Å². The lowest BCUT2D eigenvalue weighted by Crippen LogP contribution is -1.96. The first-order valence-electron chi connectivity index (χ1n) is 3.44. The topological polar surface area (TPSA) is 30.2 Å². The van der Waals surface area contributed by atoms with E-state index in [1.54, 1.807) is 19.1 Å². The molecule has 0 saturated heterocycles. The highest BCUT2D eigenvalue weighted by Gasteiger charge is 2.08. The summed E-state index contributed by atoms with van der Waals surface area (Å²) in [6.45, 7) is 5.26. The number of hydrogen-bond donors (Lipinski definition) is 0. The summed E-state index contributed by atoms with van der Waals surface area (Å²) in [6, 6.07) is 1.68. The van der Waals surface area contributed by atoms with Gasteiger partial charge >= 0.3 is 0 Å². The zero-order valence-electron chi connectivity index (χ0n) is 6.46. The summed E-state index contributed by atoms with van der Waals surface area (Å²) >= 11 is 0. The fourth-order valence-corrected chi connectivity index (χ4v) is 0.915. The first-order chi connectivity index (χ1) is 5.25. The molecule has 0 unspecified atom stereocenters. The Kier molecular flexibility index (Phi) is 2.26. The van der Waals surface area contributed by atoms with E-state index < -0.39 is 0 Å². The second-order valence-electron chi connectivity index (χ2n) is 2.31. The molecule has 1 rings (SSSR count). The van der Waals surface area contributed by atoms with E-state index in [0.717, 1.165) is 0 Å². The predicted octanol–water partition coefficient (Wildman–Crippen LogP) is 2.35. The highest BCUT2D eigenvalue weighted by Crippen LogP contribution is 2.10. The minimum absolute atomic E-state index is 0.0613. The average Bonchev–Trinajstić information content (AvgIpc) is 2.36. The molecule has 0 N–H and O–H groups in total. The predicted molar refractivity (Wildman–Crippen MR) is 42.6 cm³/mol. The Hall–Kier alpha value is -1.31. The van der Waals surface area contributed by atoms with Crippen molar-refractivity contribution in [3.8, 4) is 0 Å². The van der Waals surface area contributed by atoms with Gasteiger partial charge in [-0.15, -0.1) is 6.58 Å². The van der Waals surface area contributed by atoms with Crippen LogP contribution in [0, 0.1) is 6.92 Å². The minimum Gasteiger partial charge on any atom is -0.469 e. The second-order valence-corrected chi connectivity index (χ2v) is 2.31. The van der Waals surface area contributed by atoms with Crippen LogP contribution in [0.1, 0.15) is 22.5 Å². The SMILES string of the molecule is C=CCC(=O)c1ccoc1C. The third-order valence-electron chi connectivity index (χ3n) is 1.49. The zero-order valence-corrected chi connectivity index (χ0v) is 6.46. The first-order valence-corrected chi connectivity index (χ1v) is 3.44. The Balaban J connectivity index is 2.83. The summed E-state index contributed by atoms with van der Waals surface area (Å²) in [7, 11) is 0. The van der Waals surface area contributed by atoms with Gasteiger partial charge in [-0.3, -0.25) is 4.79 Å². The fourth-order valence-electron chi connectivity index (χ4n) is 0.915. The molecular weight excluding hydrogens is 140 g/mol. The molecule has 0 aliphatic carbocycles. The van der Waals surface area contributed by atoms with Gasteiger partial charge in [0.2, 0.25) is 0 Å². The average molecular weight is 150 g/mol. The number of aryl methyl sites for hydroxylation is 1. The van der Waals surface area contributed by atoms with Crippen LogP contribution in [-0.4, -0.2) is 5.78 Å². The summed E-state index contributed by atoms with van der Waals surface area (Å²) in [4.78, 5) is 11.2. The molecule has 2 nitrogen and oxygen atoms in total. The molecule has 0 spiro atoms. The molecule has 0 aliphatic rings. The number of carbonyl (C=O) groups is 1. The van der Waals surface area contributed by atoms with Gasteiger partial charge in [0.05, 0.1) is 11.8 Å². The summed E-state index contributed by atoms with van der Waals surface area (Å²) in [5, 5.41) is 0. The maximum atomic E-state index is 11.2. The molecule has 1 aromatic rings. The second kappa shape index (κ2) is 3.19. The van der Waals surface area contributed by atoms with E-state index in [1.807, 2.05) is 0 Å². The van der Waals surface area contributed by atoms with Crippen LogP contribution >= 0.6 is 0 Å². The van der Waals surface area contributed by atoms with Gasteiger partial charge < -0.3 is 4.42 Å². The Morgan fingerprint density at radius 2 is 2.55 bits per heavy atom. The van der Waals surface area contributed by atoms with E-state index >= 15 is 0 Å². The van der Waals surface area contributed by atoms with Gasteiger partial charge in [-0.1, -0.05) is 6.08 Å². The first kappa shape index (κ1) is 7.79.